The highest BCUT2D eigenvalue weighted by molar-refractivity contribution is 9.10. The van der Waals surface area contributed by atoms with Crippen molar-refractivity contribution in [1.82, 2.24) is 5.32 Å². The van der Waals surface area contributed by atoms with Gasteiger partial charge in [-0.3, -0.25) is 0 Å². The standard InChI is InChI=1S/C18H30BrNO/c1-4-21-11-5-6-17(14-20-13-15(2)3)12-16-7-9-18(19)10-8-16/h7-10,15,17,20H,4-6,11-14H2,1-3H3. The van der Waals surface area contributed by atoms with Gasteiger partial charge in [-0.15, -0.1) is 0 Å². The van der Waals surface area contributed by atoms with Gasteiger partial charge < -0.3 is 10.1 Å². The number of hydrogen-bond donors (Lipinski definition) is 1. The van der Waals surface area contributed by atoms with Gasteiger partial charge in [0.15, 0.2) is 0 Å². The van der Waals surface area contributed by atoms with Crippen LogP contribution in [0.2, 0.25) is 0 Å². The summed E-state index contributed by atoms with van der Waals surface area (Å²) in [6.07, 6.45) is 3.52. The molecule has 0 spiro atoms. The molecule has 1 rings (SSSR count). The van der Waals surface area contributed by atoms with Crippen molar-refractivity contribution in [2.24, 2.45) is 11.8 Å². The molecule has 2 nitrogen and oxygen atoms in total. The first-order valence-electron chi connectivity index (χ1n) is 8.14. The lowest BCUT2D eigenvalue weighted by Crippen LogP contribution is -2.27. The molecule has 0 aliphatic rings. The molecule has 0 bridgehead atoms. The topological polar surface area (TPSA) is 21.3 Å². The van der Waals surface area contributed by atoms with Gasteiger partial charge in [0.1, 0.15) is 0 Å². The zero-order chi connectivity index (χ0) is 15.5. The quantitative estimate of drug-likeness (QED) is 0.582. The molecule has 1 unspecified atom stereocenters. The first-order chi connectivity index (χ1) is 10.1. The summed E-state index contributed by atoms with van der Waals surface area (Å²) in [5.41, 5.74) is 1.42. The number of nitrogens with one attached hydrogen (secondary N) is 1. The molecule has 3 heteroatoms. The van der Waals surface area contributed by atoms with Crippen LogP contribution in [0.5, 0.6) is 0 Å². The third kappa shape index (κ3) is 9.28. The van der Waals surface area contributed by atoms with E-state index in [2.05, 4.69) is 66.3 Å². The van der Waals surface area contributed by atoms with Crippen molar-refractivity contribution in [3.8, 4) is 0 Å². The summed E-state index contributed by atoms with van der Waals surface area (Å²) in [5.74, 6) is 1.40. The highest BCUT2D eigenvalue weighted by Crippen LogP contribution is 2.17. The van der Waals surface area contributed by atoms with Crippen LogP contribution in [-0.4, -0.2) is 26.3 Å². The highest BCUT2D eigenvalue weighted by Gasteiger charge is 2.10. The summed E-state index contributed by atoms with van der Waals surface area (Å²) < 4.78 is 6.62. The minimum absolute atomic E-state index is 0.686. The SMILES string of the molecule is CCOCCCC(CNCC(C)C)Cc1ccc(Br)cc1. The van der Waals surface area contributed by atoms with Gasteiger partial charge in [-0.05, 0) is 68.8 Å². The molecule has 1 N–H and O–H groups in total. The summed E-state index contributed by atoms with van der Waals surface area (Å²) >= 11 is 3.50. The van der Waals surface area contributed by atoms with Crippen molar-refractivity contribution in [3.63, 3.8) is 0 Å². The van der Waals surface area contributed by atoms with Gasteiger partial charge >= 0.3 is 0 Å². The predicted octanol–water partition coefficient (Wildman–Crippen LogP) is 4.67. The minimum atomic E-state index is 0.686. The van der Waals surface area contributed by atoms with E-state index in [1.165, 1.54) is 12.0 Å². The molecule has 0 aliphatic carbocycles. The number of benzene rings is 1. The van der Waals surface area contributed by atoms with Crippen LogP contribution < -0.4 is 5.32 Å². The van der Waals surface area contributed by atoms with E-state index in [9.17, 15) is 0 Å². The summed E-state index contributed by atoms with van der Waals surface area (Å²) in [6.45, 7) is 10.5. The zero-order valence-corrected chi connectivity index (χ0v) is 15.3. The average molecular weight is 356 g/mol. The van der Waals surface area contributed by atoms with Gasteiger partial charge in [0, 0.05) is 17.7 Å². The number of rotatable bonds is 11. The first-order valence-corrected chi connectivity index (χ1v) is 8.94. The van der Waals surface area contributed by atoms with E-state index in [-0.39, 0.29) is 0 Å². The smallest absolute Gasteiger partial charge is 0.0466 e. The van der Waals surface area contributed by atoms with E-state index in [0.717, 1.165) is 43.6 Å². The second-order valence-electron chi connectivity index (χ2n) is 6.09. The molecule has 1 aromatic carbocycles. The molecule has 1 atom stereocenters. The van der Waals surface area contributed by atoms with Gasteiger partial charge in [-0.25, -0.2) is 0 Å². The second-order valence-corrected chi connectivity index (χ2v) is 7.00. The van der Waals surface area contributed by atoms with Crippen LogP contribution in [0, 0.1) is 11.8 Å². The Morgan fingerprint density at radius 3 is 2.48 bits per heavy atom. The summed E-state index contributed by atoms with van der Waals surface area (Å²) in [7, 11) is 0. The van der Waals surface area contributed by atoms with Crippen LogP contribution in [0.3, 0.4) is 0 Å². The fraction of sp³-hybridized carbons (Fsp3) is 0.667. The molecule has 21 heavy (non-hydrogen) atoms. The van der Waals surface area contributed by atoms with E-state index in [1.54, 1.807) is 0 Å². The Morgan fingerprint density at radius 1 is 1.14 bits per heavy atom. The third-order valence-corrected chi connectivity index (χ3v) is 4.06. The third-order valence-electron chi connectivity index (χ3n) is 3.53. The van der Waals surface area contributed by atoms with Crippen molar-refractivity contribution >= 4 is 15.9 Å². The molecular formula is C18H30BrNO. The van der Waals surface area contributed by atoms with Crippen molar-refractivity contribution < 1.29 is 4.74 Å². The average Bonchev–Trinajstić information content (AvgIpc) is 2.45. The molecule has 0 radical (unpaired) electrons. The lowest BCUT2D eigenvalue weighted by Gasteiger charge is -2.19. The fourth-order valence-electron chi connectivity index (χ4n) is 2.42. The zero-order valence-electron chi connectivity index (χ0n) is 13.7. The number of ether oxygens (including phenoxy) is 1. The van der Waals surface area contributed by atoms with Gasteiger partial charge in [0.2, 0.25) is 0 Å². The maximum Gasteiger partial charge on any atom is 0.0466 e. The van der Waals surface area contributed by atoms with Gasteiger partial charge in [0.05, 0.1) is 0 Å². The Kier molecular flexibility index (Phi) is 9.98. The normalized spacial score (nSPS) is 12.8. The molecular weight excluding hydrogens is 326 g/mol. The lowest BCUT2D eigenvalue weighted by atomic mass is 9.94. The Balaban J connectivity index is 2.43. The second kappa shape index (κ2) is 11.2. The molecule has 0 fully saturated rings. The van der Waals surface area contributed by atoms with Crippen LogP contribution >= 0.6 is 15.9 Å². The lowest BCUT2D eigenvalue weighted by molar-refractivity contribution is 0.139. The summed E-state index contributed by atoms with van der Waals surface area (Å²) in [6, 6.07) is 8.71. The Labute approximate surface area is 138 Å². The van der Waals surface area contributed by atoms with Gasteiger partial charge in [-0.1, -0.05) is 41.9 Å². The number of hydrogen-bond acceptors (Lipinski definition) is 2. The van der Waals surface area contributed by atoms with Crippen LogP contribution in [0.25, 0.3) is 0 Å². The first kappa shape index (κ1) is 18.7. The molecule has 0 saturated carbocycles. The van der Waals surface area contributed by atoms with Gasteiger partial charge in [-0.2, -0.15) is 0 Å². The van der Waals surface area contributed by atoms with Crippen LogP contribution in [0.4, 0.5) is 0 Å². The Morgan fingerprint density at radius 2 is 1.86 bits per heavy atom. The van der Waals surface area contributed by atoms with Crippen LogP contribution in [0.1, 0.15) is 39.2 Å². The van der Waals surface area contributed by atoms with E-state index in [4.69, 9.17) is 4.74 Å². The van der Waals surface area contributed by atoms with Crippen molar-refractivity contribution in [3.05, 3.63) is 34.3 Å². The van der Waals surface area contributed by atoms with Crippen LogP contribution in [-0.2, 0) is 11.2 Å². The Hall–Kier alpha value is -0.380. The van der Waals surface area contributed by atoms with E-state index in [1.807, 2.05) is 0 Å². The van der Waals surface area contributed by atoms with Gasteiger partial charge in [0.25, 0.3) is 0 Å². The monoisotopic (exact) mass is 355 g/mol. The largest absolute Gasteiger partial charge is 0.382 e. The molecule has 0 saturated heterocycles. The number of halogens is 1. The summed E-state index contributed by atoms with van der Waals surface area (Å²) in [5, 5.41) is 3.61. The van der Waals surface area contributed by atoms with Crippen molar-refractivity contribution in [2.45, 2.75) is 40.0 Å². The Bertz CT molecular complexity index is 364. The molecule has 1 aromatic rings. The van der Waals surface area contributed by atoms with E-state index in [0.29, 0.717) is 11.8 Å². The maximum atomic E-state index is 5.47. The summed E-state index contributed by atoms with van der Waals surface area (Å²) in [4.78, 5) is 0. The molecule has 120 valence electrons. The van der Waals surface area contributed by atoms with E-state index >= 15 is 0 Å². The highest BCUT2D eigenvalue weighted by atomic mass is 79.9. The molecule has 0 aromatic heterocycles. The molecule has 0 heterocycles. The molecule has 0 aliphatic heterocycles. The van der Waals surface area contributed by atoms with Crippen LogP contribution in [0.15, 0.2) is 28.7 Å². The van der Waals surface area contributed by atoms with Crippen molar-refractivity contribution in [1.29, 1.82) is 0 Å². The minimum Gasteiger partial charge on any atom is -0.382 e. The molecule has 0 amide bonds. The maximum absolute atomic E-state index is 5.47. The van der Waals surface area contributed by atoms with E-state index < -0.39 is 0 Å². The van der Waals surface area contributed by atoms with Crippen molar-refractivity contribution in [2.75, 3.05) is 26.3 Å². The fourth-order valence-corrected chi connectivity index (χ4v) is 2.69. The predicted molar refractivity (Wildman–Crippen MR) is 94.8 cm³/mol.